The molecule has 88 valence electrons. The van der Waals surface area contributed by atoms with Crippen LogP contribution in [0.3, 0.4) is 0 Å². The Morgan fingerprint density at radius 2 is 2.24 bits per heavy atom. The monoisotopic (exact) mass is 235 g/mol. The smallest absolute Gasteiger partial charge is 0.315 e. The van der Waals surface area contributed by atoms with Crippen molar-refractivity contribution >= 4 is 17.7 Å². The number of rotatable bonds is 3. The lowest BCUT2D eigenvalue weighted by Crippen LogP contribution is -2.16. The average Bonchev–Trinajstić information content (AvgIpc) is 2.75. The SMILES string of the molecule is Cc1noc(NC(=O)c2cncc(NN)n2)n1. The lowest BCUT2D eigenvalue weighted by Gasteiger charge is -2.01. The molecule has 0 radical (unpaired) electrons. The molecule has 0 saturated carbocycles. The summed E-state index contributed by atoms with van der Waals surface area (Å²) in [7, 11) is 0. The molecule has 0 unspecified atom stereocenters. The third kappa shape index (κ3) is 2.52. The summed E-state index contributed by atoms with van der Waals surface area (Å²) in [6.45, 7) is 1.64. The fourth-order valence-electron chi connectivity index (χ4n) is 1.05. The molecule has 0 bridgehead atoms. The second-order valence-electron chi connectivity index (χ2n) is 3.03. The van der Waals surface area contributed by atoms with Crippen LogP contribution in [-0.4, -0.2) is 26.0 Å². The number of nitrogen functional groups attached to an aromatic ring is 1. The Kier molecular flexibility index (Phi) is 2.92. The van der Waals surface area contributed by atoms with E-state index < -0.39 is 5.91 Å². The lowest BCUT2D eigenvalue weighted by atomic mass is 10.4. The molecule has 0 aliphatic carbocycles. The molecule has 0 saturated heterocycles. The first kappa shape index (κ1) is 11.0. The van der Waals surface area contributed by atoms with E-state index in [0.29, 0.717) is 5.82 Å². The van der Waals surface area contributed by atoms with Gasteiger partial charge in [-0.2, -0.15) is 4.98 Å². The predicted octanol–water partition coefficient (Wildman–Crippen LogP) is -0.294. The number of carbonyl (C=O) groups excluding carboxylic acids is 1. The molecule has 0 atom stereocenters. The van der Waals surface area contributed by atoms with Gasteiger partial charge >= 0.3 is 6.01 Å². The maximum absolute atomic E-state index is 11.7. The number of carbonyl (C=O) groups is 1. The van der Waals surface area contributed by atoms with Gasteiger partial charge in [-0.15, -0.1) is 0 Å². The number of nitrogens with zero attached hydrogens (tertiary/aromatic N) is 4. The molecule has 17 heavy (non-hydrogen) atoms. The van der Waals surface area contributed by atoms with Crippen LogP contribution in [0.1, 0.15) is 16.3 Å². The molecule has 4 N–H and O–H groups in total. The van der Waals surface area contributed by atoms with Crippen LogP contribution in [0.5, 0.6) is 0 Å². The first-order chi connectivity index (χ1) is 8.19. The minimum absolute atomic E-state index is 0.000380. The summed E-state index contributed by atoms with van der Waals surface area (Å²) < 4.78 is 4.73. The van der Waals surface area contributed by atoms with Gasteiger partial charge in [0.25, 0.3) is 5.91 Å². The molecular weight excluding hydrogens is 226 g/mol. The Bertz CT molecular complexity index is 538. The summed E-state index contributed by atoms with van der Waals surface area (Å²) in [4.78, 5) is 23.2. The Balaban J connectivity index is 2.14. The topological polar surface area (TPSA) is 132 Å². The zero-order valence-electron chi connectivity index (χ0n) is 8.84. The Labute approximate surface area is 95.4 Å². The van der Waals surface area contributed by atoms with Gasteiger partial charge < -0.3 is 9.95 Å². The first-order valence-corrected chi connectivity index (χ1v) is 4.59. The van der Waals surface area contributed by atoms with Crippen LogP contribution in [0.15, 0.2) is 16.9 Å². The molecule has 2 aromatic rings. The van der Waals surface area contributed by atoms with Crippen LogP contribution < -0.4 is 16.6 Å². The molecule has 0 spiro atoms. The van der Waals surface area contributed by atoms with E-state index in [1.807, 2.05) is 0 Å². The van der Waals surface area contributed by atoms with Crippen LogP contribution in [0, 0.1) is 6.92 Å². The molecule has 0 fully saturated rings. The second-order valence-corrected chi connectivity index (χ2v) is 3.03. The normalized spacial score (nSPS) is 10.0. The molecule has 0 aliphatic heterocycles. The van der Waals surface area contributed by atoms with Crippen LogP contribution in [0.4, 0.5) is 11.8 Å². The van der Waals surface area contributed by atoms with E-state index in [1.54, 1.807) is 6.92 Å². The van der Waals surface area contributed by atoms with E-state index in [1.165, 1.54) is 12.4 Å². The first-order valence-electron chi connectivity index (χ1n) is 4.59. The molecule has 2 aromatic heterocycles. The molecule has 0 aromatic carbocycles. The highest BCUT2D eigenvalue weighted by molar-refractivity contribution is 6.01. The summed E-state index contributed by atoms with van der Waals surface area (Å²) >= 11 is 0. The van der Waals surface area contributed by atoms with Gasteiger partial charge in [0.15, 0.2) is 11.6 Å². The second kappa shape index (κ2) is 4.53. The van der Waals surface area contributed by atoms with E-state index >= 15 is 0 Å². The van der Waals surface area contributed by atoms with Crippen molar-refractivity contribution in [2.45, 2.75) is 6.92 Å². The van der Waals surface area contributed by atoms with Gasteiger partial charge in [0, 0.05) is 0 Å². The highest BCUT2D eigenvalue weighted by Gasteiger charge is 2.12. The Morgan fingerprint density at radius 3 is 2.88 bits per heavy atom. The molecule has 2 heterocycles. The van der Waals surface area contributed by atoms with Crippen molar-refractivity contribution in [3.8, 4) is 0 Å². The van der Waals surface area contributed by atoms with Crippen LogP contribution in [-0.2, 0) is 0 Å². The fraction of sp³-hybridized carbons (Fsp3) is 0.125. The van der Waals surface area contributed by atoms with E-state index in [-0.39, 0.29) is 17.5 Å². The number of aromatic nitrogens is 4. The molecular formula is C8H9N7O2. The fourth-order valence-corrected chi connectivity index (χ4v) is 1.05. The van der Waals surface area contributed by atoms with Gasteiger partial charge in [-0.05, 0) is 6.92 Å². The maximum Gasteiger partial charge on any atom is 0.328 e. The summed E-state index contributed by atoms with van der Waals surface area (Å²) in [5.74, 6) is 5.33. The van der Waals surface area contributed by atoms with Crippen molar-refractivity contribution in [2.75, 3.05) is 10.7 Å². The number of aryl methyl sites for hydroxylation is 1. The summed E-state index contributed by atoms with van der Waals surface area (Å²) in [6, 6.07) is 0.000380. The van der Waals surface area contributed by atoms with Gasteiger partial charge in [0.1, 0.15) is 5.69 Å². The van der Waals surface area contributed by atoms with Crippen molar-refractivity contribution in [3.63, 3.8) is 0 Å². The Hall–Kier alpha value is -2.55. The third-order valence-electron chi connectivity index (χ3n) is 1.76. The van der Waals surface area contributed by atoms with Crippen molar-refractivity contribution < 1.29 is 9.32 Å². The zero-order chi connectivity index (χ0) is 12.3. The number of hydrazine groups is 1. The number of nitrogens with one attached hydrogen (secondary N) is 2. The summed E-state index contributed by atoms with van der Waals surface area (Å²) in [5, 5.41) is 5.91. The largest absolute Gasteiger partial charge is 0.328 e. The minimum atomic E-state index is -0.516. The van der Waals surface area contributed by atoms with Gasteiger partial charge in [0.05, 0.1) is 12.4 Å². The van der Waals surface area contributed by atoms with Gasteiger partial charge in [-0.25, -0.2) is 10.8 Å². The maximum atomic E-state index is 11.7. The summed E-state index contributed by atoms with van der Waals surface area (Å²) in [6.07, 6.45) is 2.67. The number of amides is 1. The van der Waals surface area contributed by atoms with E-state index in [9.17, 15) is 4.79 Å². The highest BCUT2D eigenvalue weighted by Crippen LogP contribution is 2.06. The van der Waals surface area contributed by atoms with Crippen LogP contribution in [0.2, 0.25) is 0 Å². The predicted molar refractivity (Wildman–Crippen MR) is 56.8 cm³/mol. The highest BCUT2D eigenvalue weighted by atomic mass is 16.5. The Morgan fingerprint density at radius 1 is 1.41 bits per heavy atom. The van der Waals surface area contributed by atoms with Crippen molar-refractivity contribution in [1.82, 2.24) is 20.1 Å². The van der Waals surface area contributed by atoms with Gasteiger partial charge in [-0.1, -0.05) is 5.16 Å². The average molecular weight is 235 g/mol. The quantitative estimate of drug-likeness (QED) is 0.488. The molecule has 9 nitrogen and oxygen atoms in total. The zero-order valence-corrected chi connectivity index (χ0v) is 8.84. The standard InChI is InChI=1S/C8H9N7O2/c1-4-11-8(17-15-4)13-7(16)5-2-10-3-6(12-5)14-9/h2-3H,9H2,1H3,(H,12,14)(H,11,13,15,16). The van der Waals surface area contributed by atoms with Crippen molar-refractivity contribution in [3.05, 3.63) is 23.9 Å². The van der Waals surface area contributed by atoms with E-state index in [4.69, 9.17) is 10.4 Å². The number of hydrogen-bond donors (Lipinski definition) is 3. The molecule has 1 amide bonds. The molecule has 9 heteroatoms. The van der Waals surface area contributed by atoms with Crippen LogP contribution >= 0.6 is 0 Å². The molecule has 0 aliphatic rings. The van der Waals surface area contributed by atoms with E-state index in [0.717, 1.165) is 0 Å². The van der Waals surface area contributed by atoms with Gasteiger partial charge in [-0.3, -0.25) is 15.1 Å². The lowest BCUT2D eigenvalue weighted by molar-refractivity contribution is 0.101. The number of hydrogen-bond acceptors (Lipinski definition) is 8. The summed E-state index contributed by atoms with van der Waals surface area (Å²) in [5.41, 5.74) is 2.37. The van der Waals surface area contributed by atoms with Crippen molar-refractivity contribution in [2.24, 2.45) is 5.84 Å². The van der Waals surface area contributed by atoms with E-state index in [2.05, 4.69) is 30.9 Å². The third-order valence-corrected chi connectivity index (χ3v) is 1.76. The van der Waals surface area contributed by atoms with Crippen LogP contribution in [0.25, 0.3) is 0 Å². The molecule has 2 rings (SSSR count). The number of anilines is 2. The minimum Gasteiger partial charge on any atom is -0.315 e. The van der Waals surface area contributed by atoms with Gasteiger partial charge in [0.2, 0.25) is 0 Å². The van der Waals surface area contributed by atoms with Crippen molar-refractivity contribution in [1.29, 1.82) is 0 Å². The number of nitrogens with two attached hydrogens (primary N) is 1.